The molecule has 0 aromatic rings. The van der Waals surface area contributed by atoms with Gasteiger partial charge in [0.05, 0.1) is 6.54 Å². The van der Waals surface area contributed by atoms with Crippen LogP contribution in [0.3, 0.4) is 0 Å². The molecule has 19 heavy (non-hydrogen) atoms. The van der Waals surface area contributed by atoms with Gasteiger partial charge in [-0.3, -0.25) is 14.4 Å². The van der Waals surface area contributed by atoms with Crippen molar-refractivity contribution in [2.45, 2.75) is 19.3 Å². The molecule has 6 nitrogen and oxygen atoms in total. The van der Waals surface area contributed by atoms with E-state index in [1.54, 1.807) is 0 Å². The summed E-state index contributed by atoms with van der Waals surface area (Å²) in [6, 6.07) is 0. The number of carboxylic acid groups (broad SMARTS) is 1. The second kappa shape index (κ2) is 4.21. The van der Waals surface area contributed by atoms with E-state index in [2.05, 4.69) is 0 Å². The zero-order valence-electron chi connectivity index (χ0n) is 10.6. The third-order valence-corrected chi connectivity index (χ3v) is 5.00. The number of carbonyl (C=O) groups excluding carboxylic acids is 2. The normalized spacial score (nSPS) is 37.8. The molecule has 0 aromatic heterocycles. The van der Waals surface area contributed by atoms with Crippen molar-refractivity contribution < 1.29 is 19.5 Å². The van der Waals surface area contributed by atoms with Gasteiger partial charge in [0.1, 0.15) is 6.54 Å². The highest BCUT2D eigenvalue weighted by atomic mass is 16.4. The molecule has 0 aliphatic heterocycles. The number of fused-ring (bicyclic) bond motifs is 5. The number of nitrogens with two attached hydrogens (primary N) is 1. The first kappa shape index (κ1) is 12.4. The SMILES string of the molecule is NC(=O)CN(CC(=O)O)C(=O)C1C2C3CCC(C3)C12. The Morgan fingerprint density at radius 3 is 2.16 bits per heavy atom. The van der Waals surface area contributed by atoms with Crippen LogP contribution in [0.5, 0.6) is 0 Å². The first-order chi connectivity index (χ1) is 8.99. The van der Waals surface area contributed by atoms with Crippen LogP contribution in [0.2, 0.25) is 0 Å². The molecule has 0 saturated heterocycles. The van der Waals surface area contributed by atoms with E-state index in [0.717, 1.165) is 4.90 Å². The number of hydrogen-bond donors (Lipinski definition) is 2. The molecule has 0 spiro atoms. The number of amides is 2. The molecule has 3 aliphatic carbocycles. The van der Waals surface area contributed by atoms with Gasteiger partial charge in [0, 0.05) is 5.92 Å². The van der Waals surface area contributed by atoms with Gasteiger partial charge >= 0.3 is 5.97 Å². The van der Waals surface area contributed by atoms with Crippen LogP contribution in [0.1, 0.15) is 19.3 Å². The van der Waals surface area contributed by atoms with Crippen LogP contribution in [0.4, 0.5) is 0 Å². The predicted molar refractivity (Wildman–Crippen MR) is 64.7 cm³/mol. The summed E-state index contributed by atoms with van der Waals surface area (Å²) < 4.78 is 0. The van der Waals surface area contributed by atoms with E-state index in [-0.39, 0.29) is 18.4 Å². The summed E-state index contributed by atoms with van der Waals surface area (Å²) in [5, 5.41) is 8.82. The Bertz CT molecular complexity index is 418. The fourth-order valence-corrected chi connectivity index (χ4v) is 4.43. The number of aliphatic carboxylic acids is 1. The molecular weight excluding hydrogens is 248 g/mol. The molecule has 0 heterocycles. The lowest BCUT2D eigenvalue weighted by Crippen LogP contribution is -2.43. The van der Waals surface area contributed by atoms with Crippen molar-refractivity contribution in [3.8, 4) is 0 Å². The molecule has 3 aliphatic rings. The highest BCUT2D eigenvalue weighted by molar-refractivity contribution is 5.90. The number of carbonyl (C=O) groups is 3. The van der Waals surface area contributed by atoms with Crippen LogP contribution in [0.25, 0.3) is 0 Å². The van der Waals surface area contributed by atoms with Gasteiger partial charge in [-0.1, -0.05) is 0 Å². The minimum atomic E-state index is -1.11. The van der Waals surface area contributed by atoms with Crippen LogP contribution in [0.15, 0.2) is 0 Å². The van der Waals surface area contributed by atoms with Gasteiger partial charge in [-0.25, -0.2) is 0 Å². The minimum Gasteiger partial charge on any atom is -0.480 e. The molecule has 3 saturated carbocycles. The van der Waals surface area contributed by atoms with Gasteiger partial charge in [0.25, 0.3) is 0 Å². The van der Waals surface area contributed by atoms with E-state index in [1.807, 2.05) is 0 Å². The predicted octanol–water partition coefficient (Wildman–Crippen LogP) is -0.323. The Hall–Kier alpha value is -1.59. The zero-order chi connectivity index (χ0) is 13.7. The monoisotopic (exact) mass is 266 g/mol. The van der Waals surface area contributed by atoms with E-state index < -0.39 is 18.4 Å². The average Bonchev–Trinajstić information content (AvgIpc) is 2.74. The number of rotatable bonds is 5. The topological polar surface area (TPSA) is 101 Å². The second-order valence-corrected chi connectivity index (χ2v) is 6.07. The quantitative estimate of drug-likeness (QED) is 0.712. The molecule has 2 amide bonds. The van der Waals surface area contributed by atoms with Crippen molar-refractivity contribution >= 4 is 17.8 Å². The van der Waals surface area contributed by atoms with Gasteiger partial charge < -0.3 is 15.7 Å². The Kier molecular flexibility index (Phi) is 2.76. The van der Waals surface area contributed by atoms with Crippen LogP contribution in [-0.4, -0.2) is 40.9 Å². The summed E-state index contributed by atoms with van der Waals surface area (Å²) in [7, 11) is 0. The van der Waals surface area contributed by atoms with E-state index in [4.69, 9.17) is 10.8 Å². The lowest BCUT2D eigenvalue weighted by Gasteiger charge is -2.20. The lowest BCUT2D eigenvalue weighted by molar-refractivity contribution is -0.146. The fourth-order valence-electron chi connectivity index (χ4n) is 4.43. The van der Waals surface area contributed by atoms with Crippen molar-refractivity contribution in [1.29, 1.82) is 0 Å². The minimum absolute atomic E-state index is 0.0510. The van der Waals surface area contributed by atoms with E-state index in [1.165, 1.54) is 19.3 Å². The molecule has 3 rings (SSSR count). The molecule has 6 heteroatoms. The van der Waals surface area contributed by atoms with Crippen LogP contribution in [-0.2, 0) is 14.4 Å². The smallest absolute Gasteiger partial charge is 0.323 e. The first-order valence-corrected chi connectivity index (χ1v) is 6.78. The molecule has 4 unspecified atom stereocenters. The maximum Gasteiger partial charge on any atom is 0.323 e. The number of nitrogens with zero attached hydrogens (tertiary/aromatic N) is 1. The third-order valence-electron chi connectivity index (χ3n) is 5.00. The molecule has 3 N–H and O–H groups in total. The van der Waals surface area contributed by atoms with Crippen LogP contribution < -0.4 is 5.73 Å². The first-order valence-electron chi connectivity index (χ1n) is 6.78. The van der Waals surface area contributed by atoms with Crippen LogP contribution in [0, 0.1) is 29.6 Å². The number of primary amides is 1. The molecule has 2 bridgehead atoms. The van der Waals surface area contributed by atoms with Crippen molar-refractivity contribution in [2.24, 2.45) is 35.3 Å². The maximum atomic E-state index is 12.4. The standard InChI is InChI=1S/C13H18N2O4/c14-8(16)4-15(5-9(17)18)13(19)12-10-6-1-2-7(3-6)11(10)12/h6-7,10-12H,1-5H2,(H2,14,16)(H,17,18). The number of hydrogen-bond acceptors (Lipinski definition) is 3. The largest absolute Gasteiger partial charge is 0.480 e. The summed E-state index contributed by atoms with van der Waals surface area (Å²) in [5.74, 6) is 0.156. The lowest BCUT2D eigenvalue weighted by atomic mass is 10.0. The summed E-state index contributed by atoms with van der Waals surface area (Å²) >= 11 is 0. The summed E-state index contributed by atoms with van der Waals surface area (Å²) in [4.78, 5) is 35.2. The highest BCUT2D eigenvalue weighted by Gasteiger charge is 2.68. The van der Waals surface area contributed by atoms with E-state index in [0.29, 0.717) is 23.7 Å². The Balaban J connectivity index is 1.68. The molecule has 0 aromatic carbocycles. The van der Waals surface area contributed by atoms with Crippen LogP contribution >= 0.6 is 0 Å². The molecule has 3 fully saturated rings. The van der Waals surface area contributed by atoms with Crippen molar-refractivity contribution in [2.75, 3.05) is 13.1 Å². The second-order valence-electron chi connectivity index (χ2n) is 6.07. The van der Waals surface area contributed by atoms with Crippen molar-refractivity contribution in [3.05, 3.63) is 0 Å². The van der Waals surface area contributed by atoms with Gasteiger partial charge in [0.15, 0.2) is 0 Å². The van der Waals surface area contributed by atoms with E-state index >= 15 is 0 Å². The Morgan fingerprint density at radius 1 is 1.11 bits per heavy atom. The van der Waals surface area contributed by atoms with Crippen molar-refractivity contribution in [1.82, 2.24) is 4.90 Å². The molecular formula is C13H18N2O4. The number of carboxylic acids is 1. The molecule has 4 atom stereocenters. The fraction of sp³-hybridized carbons (Fsp3) is 0.769. The summed E-state index contributed by atoms with van der Waals surface area (Å²) in [5.41, 5.74) is 5.08. The molecule has 104 valence electrons. The summed E-state index contributed by atoms with van der Waals surface area (Å²) in [6.45, 7) is -0.733. The average molecular weight is 266 g/mol. The Morgan fingerprint density at radius 2 is 1.68 bits per heavy atom. The Labute approximate surface area is 110 Å². The van der Waals surface area contributed by atoms with Gasteiger partial charge in [-0.2, -0.15) is 0 Å². The third kappa shape index (κ3) is 1.99. The molecule has 0 radical (unpaired) electrons. The van der Waals surface area contributed by atoms with Crippen molar-refractivity contribution in [3.63, 3.8) is 0 Å². The summed E-state index contributed by atoms with van der Waals surface area (Å²) in [6.07, 6.45) is 3.63. The highest BCUT2D eigenvalue weighted by Crippen LogP contribution is 2.69. The maximum absolute atomic E-state index is 12.4. The van der Waals surface area contributed by atoms with Gasteiger partial charge in [0.2, 0.25) is 11.8 Å². The van der Waals surface area contributed by atoms with E-state index in [9.17, 15) is 14.4 Å². The van der Waals surface area contributed by atoms with Gasteiger partial charge in [-0.15, -0.1) is 0 Å². The zero-order valence-corrected chi connectivity index (χ0v) is 10.6. The van der Waals surface area contributed by atoms with Gasteiger partial charge in [-0.05, 0) is 42.9 Å².